The second-order valence-electron chi connectivity index (χ2n) is 7.76. The average molecular weight is 469 g/mol. The number of benzene rings is 2. The van der Waals surface area contributed by atoms with Crippen LogP contribution in [-0.2, 0) is 9.59 Å². The molecule has 0 heterocycles. The van der Waals surface area contributed by atoms with Gasteiger partial charge in [-0.2, -0.15) is 0 Å². The van der Waals surface area contributed by atoms with Crippen LogP contribution in [0.5, 0.6) is 0 Å². The molecule has 2 N–H and O–H groups in total. The third kappa shape index (κ3) is 4.91. The third-order valence-electron chi connectivity index (χ3n) is 5.74. The topological polar surface area (TPSA) is 92.3 Å². The van der Waals surface area contributed by atoms with Gasteiger partial charge in [-0.1, -0.05) is 70.1 Å². The number of amides is 2. The van der Waals surface area contributed by atoms with Gasteiger partial charge in [-0.05, 0) is 11.1 Å². The van der Waals surface area contributed by atoms with Crippen LogP contribution in [0.3, 0.4) is 0 Å². The fraction of sp³-hybridized carbons (Fsp3) is 0.333. The summed E-state index contributed by atoms with van der Waals surface area (Å²) >= 11 is 0. The number of hydrogen-bond acceptors (Lipinski definition) is 6. The van der Waals surface area contributed by atoms with Crippen molar-refractivity contribution in [2.45, 2.75) is 24.7 Å². The summed E-state index contributed by atoms with van der Waals surface area (Å²) < 4.78 is 0. The number of ketones is 2. The van der Waals surface area contributed by atoms with E-state index in [4.69, 9.17) is 0 Å². The highest BCUT2D eigenvalue weighted by Crippen LogP contribution is 2.34. The van der Waals surface area contributed by atoms with Gasteiger partial charge in [-0.25, -0.2) is 0 Å². The summed E-state index contributed by atoms with van der Waals surface area (Å²) in [5.74, 6) is 0.531. The van der Waals surface area contributed by atoms with E-state index in [9.17, 15) is 19.2 Å². The Balaban J connectivity index is 1.10. The summed E-state index contributed by atoms with van der Waals surface area (Å²) in [5.41, 5.74) is 2.95. The summed E-state index contributed by atoms with van der Waals surface area (Å²) in [7, 11) is 3.25. The fourth-order valence-electron chi connectivity index (χ4n) is 4.18. The highest BCUT2D eigenvalue weighted by atomic mass is 33.1. The van der Waals surface area contributed by atoms with E-state index in [1.54, 1.807) is 33.7 Å². The van der Waals surface area contributed by atoms with Gasteiger partial charge in [-0.3, -0.25) is 19.2 Å². The lowest BCUT2D eigenvalue weighted by atomic mass is 10.0. The highest BCUT2D eigenvalue weighted by molar-refractivity contribution is 8.76. The molecule has 2 aliphatic rings. The molecule has 0 bridgehead atoms. The molecule has 6 nitrogen and oxygen atoms in total. The molecule has 4 rings (SSSR count). The predicted molar refractivity (Wildman–Crippen MR) is 127 cm³/mol. The van der Waals surface area contributed by atoms with Crippen LogP contribution in [0.2, 0.25) is 0 Å². The lowest BCUT2D eigenvalue weighted by molar-refractivity contribution is -0.123. The Morgan fingerprint density at radius 3 is 1.56 bits per heavy atom. The van der Waals surface area contributed by atoms with E-state index in [-0.39, 0.29) is 48.1 Å². The first-order chi connectivity index (χ1) is 15.6. The molecule has 166 valence electrons. The van der Waals surface area contributed by atoms with E-state index in [0.717, 1.165) is 22.6 Å². The maximum absolute atomic E-state index is 12.4. The Bertz CT molecular complexity index is 972. The molecule has 2 atom stereocenters. The van der Waals surface area contributed by atoms with E-state index in [2.05, 4.69) is 10.6 Å². The SMILES string of the molecule is O=C1CC(C(=O)NCCSSCCNC(=O)C2CC(=O)c3ccccc32)c2ccccc21. The van der Waals surface area contributed by atoms with Crippen LogP contribution in [-0.4, -0.2) is 48.0 Å². The van der Waals surface area contributed by atoms with Crippen molar-refractivity contribution in [3.8, 4) is 0 Å². The number of carbonyl (C=O) groups is 4. The minimum Gasteiger partial charge on any atom is -0.355 e. The zero-order chi connectivity index (χ0) is 22.5. The smallest absolute Gasteiger partial charge is 0.228 e. The standard InChI is InChI=1S/C24H24N2O4S2/c27-21-13-19(15-5-1-3-7-17(15)21)23(29)25-9-11-31-32-12-10-26-24(30)20-14-22(28)18-8-4-2-6-16(18)20/h1-8,19-20H,9-14H2,(H,25,29)(H,26,30). The van der Waals surface area contributed by atoms with Crippen molar-refractivity contribution in [2.75, 3.05) is 24.6 Å². The maximum atomic E-state index is 12.4. The van der Waals surface area contributed by atoms with Crippen molar-refractivity contribution >= 4 is 45.0 Å². The van der Waals surface area contributed by atoms with Gasteiger partial charge in [0.1, 0.15) is 0 Å². The molecule has 2 amide bonds. The normalized spacial score (nSPS) is 18.9. The highest BCUT2D eigenvalue weighted by Gasteiger charge is 2.34. The minimum atomic E-state index is -0.390. The number of nitrogens with one attached hydrogen (secondary N) is 2. The van der Waals surface area contributed by atoms with E-state index in [1.165, 1.54) is 0 Å². The first-order valence-electron chi connectivity index (χ1n) is 10.6. The zero-order valence-electron chi connectivity index (χ0n) is 17.5. The van der Waals surface area contributed by atoms with Crippen molar-refractivity contribution in [3.63, 3.8) is 0 Å². The quantitative estimate of drug-likeness (QED) is 0.433. The van der Waals surface area contributed by atoms with Crippen LogP contribution < -0.4 is 10.6 Å². The molecule has 2 aliphatic carbocycles. The van der Waals surface area contributed by atoms with E-state index in [1.807, 2.05) is 36.4 Å². The summed E-state index contributed by atoms with van der Waals surface area (Å²) in [5, 5.41) is 5.84. The van der Waals surface area contributed by atoms with Crippen LogP contribution in [0, 0.1) is 0 Å². The second kappa shape index (κ2) is 10.4. The molecule has 0 aromatic heterocycles. The number of Topliss-reactive ketones (excluding diaryl/α,β-unsaturated/α-hetero) is 2. The number of hydrogen-bond donors (Lipinski definition) is 2. The minimum absolute atomic E-state index is 0.0261. The summed E-state index contributed by atoms with van der Waals surface area (Å²) in [6, 6.07) is 14.6. The Morgan fingerprint density at radius 1 is 0.719 bits per heavy atom. The molecule has 0 saturated heterocycles. The number of rotatable bonds is 9. The van der Waals surface area contributed by atoms with Crippen LogP contribution in [0.1, 0.15) is 56.5 Å². The molecular weight excluding hydrogens is 444 g/mol. The number of fused-ring (bicyclic) bond motifs is 2. The summed E-state index contributed by atoms with van der Waals surface area (Å²) in [6.07, 6.45) is 0.480. The molecule has 8 heteroatoms. The van der Waals surface area contributed by atoms with Crippen molar-refractivity contribution in [1.82, 2.24) is 10.6 Å². The summed E-state index contributed by atoms with van der Waals surface area (Å²) in [6.45, 7) is 1.05. The molecule has 32 heavy (non-hydrogen) atoms. The van der Waals surface area contributed by atoms with E-state index in [0.29, 0.717) is 24.2 Å². The van der Waals surface area contributed by atoms with Gasteiger partial charge in [0.15, 0.2) is 11.6 Å². The average Bonchev–Trinajstić information content (AvgIpc) is 3.33. The van der Waals surface area contributed by atoms with Crippen LogP contribution in [0.15, 0.2) is 48.5 Å². The van der Waals surface area contributed by atoms with Gasteiger partial charge in [0.2, 0.25) is 11.8 Å². The van der Waals surface area contributed by atoms with Gasteiger partial charge < -0.3 is 10.6 Å². The van der Waals surface area contributed by atoms with E-state index >= 15 is 0 Å². The Kier molecular flexibility index (Phi) is 7.32. The molecule has 0 aliphatic heterocycles. The Hall–Kier alpha value is -2.58. The Morgan fingerprint density at radius 2 is 1.12 bits per heavy atom. The molecule has 0 fully saturated rings. The number of carbonyl (C=O) groups excluding carboxylic acids is 4. The van der Waals surface area contributed by atoms with Crippen LogP contribution >= 0.6 is 21.6 Å². The largest absolute Gasteiger partial charge is 0.355 e. The van der Waals surface area contributed by atoms with E-state index < -0.39 is 0 Å². The van der Waals surface area contributed by atoms with Crippen molar-refractivity contribution in [2.24, 2.45) is 0 Å². The lowest BCUT2D eigenvalue weighted by Crippen LogP contribution is -2.30. The third-order valence-corrected chi connectivity index (χ3v) is 8.15. The first-order valence-corrected chi connectivity index (χ1v) is 13.1. The van der Waals surface area contributed by atoms with Gasteiger partial charge in [0.25, 0.3) is 0 Å². The van der Waals surface area contributed by atoms with Crippen molar-refractivity contribution in [3.05, 3.63) is 70.8 Å². The van der Waals surface area contributed by atoms with Crippen LogP contribution in [0.25, 0.3) is 0 Å². The monoisotopic (exact) mass is 468 g/mol. The van der Waals surface area contributed by atoms with Gasteiger partial charge in [0.05, 0.1) is 11.8 Å². The van der Waals surface area contributed by atoms with Gasteiger partial charge >= 0.3 is 0 Å². The molecule has 2 aromatic carbocycles. The molecule has 2 unspecified atom stereocenters. The molecule has 0 spiro atoms. The van der Waals surface area contributed by atoms with Crippen LogP contribution in [0.4, 0.5) is 0 Å². The van der Waals surface area contributed by atoms with Gasteiger partial charge in [0, 0.05) is 48.6 Å². The molecule has 0 saturated carbocycles. The predicted octanol–water partition coefficient (Wildman–Crippen LogP) is 3.34. The maximum Gasteiger partial charge on any atom is 0.228 e. The molecular formula is C24H24N2O4S2. The fourth-order valence-corrected chi connectivity index (χ4v) is 6.00. The zero-order valence-corrected chi connectivity index (χ0v) is 19.1. The van der Waals surface area contributed by atoms with Crippen molar-refractivity contribution < 1.29 is 19.2 Å². The Labute approximate surface area is 194 Å². The molecule has 0 radical (unpaired) electrons. The second-order valence-corrected chi connectivity index (χ2v) is 10.5. The first kappa shape index (κ1) is 22.6. The van der Waals surface area contributed by atoms with Crippen molar-refractivity contribution in [1.29, 1.82) is 0 Å². The summed E-state index contributed by atoms with van der Waals surface area (Å²) in [4.78, 5) is 49.0. The molecule has 2 aromatic rings. The van der Waals surface area contributed by atoms with Gasteiger partial charge in [-0.15, -0.1) is 0 Å². The lowest BCUT2D eigenvalue weighted by Gasteiger charge is -2.12.